The lowest BCUT2D eigenvalue weighted by atomic mass is 10.0. The summed E-state index contributed by atoms with van der Waals surface area (Å²) in [5.41, 5.74) is 1.96. The maximum absolute atomic E-state index is 13.3. The molecule has 162 valence electrons. The molecule has 7 heteroatoms. The van der Waals surface area contributed by atoms with Gasteiger partial charge in [-0.15, -0.1) is 0 Å². The summed E-state index contributed by atoms with van der Waals surface area (Å²) in [6, 6.07) is 12.0. The second kappa shape index (κ2) is 11.3. The average Bonchev–Trinajstić information content (AvgIpc) is 2.74. The van der Waals surface area contributed by atoms with E-state index in [1.165, 1.54) is 12.1 Å². The maximum atomic E-state index is 13.3. The molecule has 30 heavy (non-hydrogen) atoms. The van der Waals surface area contributed by atoms with Gasteiger partial charge in [-0.25, -0.2) is 4.39 Å². The minimum Gasteiger partial charge on any atom is -0.493 e. The summed E-state index contributed by atoms with van der Waals surface area (Å²) < 4.78 is 24.5. The van der Waals surface area contributed by atoms with Gasteiger partial charge in [-0.05, 0) is 54.8 Å². The second-order valence-corrected chi connectivity index (χ2v) is 7.82. The molecule has 5 nitrogen and oxygen atoms in total. The molecular formula is C23H28ClFN2O3. The fourth-order valence-electron chi connectivity index (χ4n) is 3.52. The van der Waals surface area contributed by atoms with Crippen LogP contribution >= 0.6 is 11.6 Å². The molecule has 2 aromatic rings. The molecule has 0 spiro atoms. The van der Waals surface area contributed by atoms with E-state index in [1.54, 1.807) is 18.2 Å². The molecule has 3 rings (SSSR count). The molecule has 1 heterocycles. The Balaban J connectivity index is 1.47. The van der Waals surface area contributed by atoms with Crippen LogP contribution in [0.15, 0.2) is 42.5 Å². The number of carbonyl (C=O) groups is 1. The van der Waals surface area contributed by atoms with Crippen LogP contribution in [0.3, 0.4) is 0 Å². The van der Waals surface area contributed by atoms with Gasteiger partial charge in [0, 0.05) is 31.1 Å². The number of rotatable bonds is 9. The van der Waals surface area contributed by atoms with E-state index in [9.17, 15) is 9.18 Å². The molecule has 0 aromatic heterocycles. The van der Waals surface area contributed by atoms with Gasteiger partial charge in [0.05, 0.1) is 25.9 Å². The number of nitrogens with zero attached hydrogens (tertiary/aromatic N) is 1. The third-order valence-corrected chi connectivity index (χ3v) is 5.41. The fourth-order valence-corrected chi connectivity index (χ4v) is 3.75. The topological polar surface area (TPSA) is 50.8 Å². The largest absolute Gasteiger partial charge is 0.493 e. The monoisotopic (exact) mass is 434 g/mol. The first kappa shape index (κ1) is 22.5. The Bertz CT molecular complexity index is 826. The molecule has 1 saturated heterocycles. The number of benzene rings is 2. The summed E-state index contributed by atoms with van der Waals surface area (Å²) in [5.74, 6) is 0.495. The molecule has 0 radical (unpaired) electrons. The van der Waals surface area contributed by atoms with Gasteiger partial charge in [-0.1, -0.05) is 23.7 Å². The third kappa shape index (κ3) is 6.69. The van der Waals surface area contributed by atoms with Crippen LogP contribution in [-0.2, 0) is 9.53 Å². The van der Waals surface area contributed by atoms with Gasteiger partial charge in [0.25, 0.3) is 0 Å². The van der Waals surface area contributed by atoms with Crippen molar-refractivity contribution in [2.75, 3.05) is 39.5 Å². The highest BCUT2D eigenvalue weighted by atomic mass is 35.5. The van der Waals surface area contributed by atoms with Gasteiger partial charge in [0.15, 0.2) is 0 Å². The number of morpholine rings is 1. The average molecular weight is 435 g/mol. The summed E-state index contributed by atoms with van der Waals surface area (Å²) in [6.07, 6.45) is 0.999. The summed E-state index contributed by atoms with van der Waals surface area (Å²) in [4.78, 5) is 14.6. The van der Waals surface area contributed by atoms with Crippen molar-refractivity contribution in [3.63, 3.8) is 0 Å². The van der Waals surface area contributed by atoms with Crippen molar-refractivity contribution < 1.29 is 18.7 Å². The summed E-state index contributed by atoms with van der Waals surface area (Å²) in [5, 5.41) is 3.70. The van der Waals surface area contributed by atoms with E-state index in [0.717, 1.165) is 30.0 Å². The molecule has 1 amide bonds. The number of carbonyl (C=O) groups excluding carboxylic acids is 1. The SMILES string of the molecule is Cc1cc(Cl)ccc1OCCCC(=O)NCC(c1ccc(F)cc1)N1CCOCC1. The van der Waals surface area contributed by atoms with Crippen molar-refractivity contribution in [3.05, 3.63) is 64.4 Å². The first-order valence-corrected chi connectivity index (χ1v) is 10.6. The predicted molar refractivity (Wildman–Crippen MR) is 115 cm³/mol. The van der Waals surface area contributed by atoms with Crippen LogP contribution in [0.5, 0.6) is 5.75 Å². The first-order chi connectivity index (χ1) is 14.5. The number of aryl methyl sites for hydroxylation is 1. The Morgan fingerprint density at radius 1 is 1.23 bits per heavy atom. The van der Waals surface area contributed by atoms with Crippen molar-refractivity contribution in [2.45, 2.75) is 25.8 Å². The number of amides is 1. The zero-order chi connectivity index (χ0) is 21.3. The first-order valence-electron chi connectivity index (χ1n) is 10.3. The minimum atomic E-state index is -0.264. The number of halogens is 2. The molecule has 1 aliphatic heterocycles. The van der Waals surface area contributed by atoms with Gasteiger partial charge >= 0.3 is 0 Å². The zero-order valence-corrected chi connectivity index (χ0v) is 18.0. The Labute approximate surface area is 182 Å². The molecule has 1 fully saturated rings. The number of ether oxygens (including phenoxy) is 2. The van der Waals surface area contributed by atoms with Gasteiger partial charge in [-0.3, -0.25) is 9.69 Å². The number of hydrogen-bond donors (Lipinski definition) is 1. The number of nitrogens with one attached hydrogen (secondary N) is 1. The van der Waals surface area contributed by atoms with Gasteiger partial charge in [0.1, 0.15) is 11.6 Å². The quantitative estimate of drug-likeness (QED) is 0.603. The molecule has 1 aliphatic rings. The standard InChI is InChI=1S/C23H28ClFN2O3/c1-17-15-19(24)6-9-22(17)30-12-2-3-23(28)26-16-21(27-10-13-29-14-11-27)18-4-7-20(25)8-5-18/h4-9,15,21H,2-3,10-14,16H2,1H3,(H,26,28). The van der Waals surface area contributed by atoms with E-state index in [0.29, 0.717) is 44.2 Å². The molecule has 1 N–H and O–H groups in total. The van der Waals surface area contributed by atoms with Crippen LogP contribution in [0.25, 0.3) is 0 Å². The number of hydrogen-bond acceptors (Lipinski definition) is 4. The smallest absolute Gasteiger partial charge is 0.220 e. The van der Waals surface area contributed by atoms with E-state index in [1.807, 2.05) is 19.1 Å². The van der Waals surface area contributed by atoms with Crippen LogP contribution < -0.4 is 10.1 Å². The molecule has 1 unspecified atom stereocenters. The lowest BCUT2D eigenvalue weighted by molar-refractivity contribution is -0.121. The van der Waals surface area contributed by atoms with Crippen molar-refractivity contribution in [3.8, 4) is 5.75 Å². The van der Waals surface area contributed by atoms with E-state index in [-0.39, 0.29) is 17.8 Å². The van der Waals surface area contributed by atoms with Gasteiger partial charge < -0.3 is 14.8 Å². The second-order valence-electron chi connectivity index (χ2n) is 7.38. The Morgan fingerprint density at radius 2 is 1.97 bits per heavy atom. The van der Waals surface area contributed by atoms with E-state index < -0.39 is 0 Å². The van der Waals surface area contributed by atoms with Gasteiger partial charge in [-0.2, -0.15) is 0 Å². The summed E-state index contributed by atoms with van der Waals surface area (Å²) >= 11 is 5.95. The highest BCUT2D eigenvalue weighted by Gasteiger charge is 2.23. The van der Waals surface area contributed by atoms with E-state index >= 15 is 0 Å². The Morgan fingerprint density at radius 3 is 2.67 bits per heavy atom. The van der Waals surface area contributed by atoms with Crippen molar-refractivity contribution >= 4 is 17.5 Å². The van der Waals surface area contributed by atoms with Crippen LogP contribution in [0.1, 0.15) is 30.0 Å². The lowest BCUT2D eigenvalue weighted by Gasteiger charge is -2.35. The van der Waals surface area contributed by atoms with Crippen molar-refractivity contribution in [1.82, 2.24) is 10.2 Å². The molecule has 0 bridgehead atoms. The predicted octanol–water partition coefficient (Wildman–Crippen LogP) is 4.14. The van der Waals surface area contributed by atoms with E-state index in [2.05, 4.69) is 10.2 Å². The van der Waals surface area contributed by atoms with Crippen LogP contribution in [0, 0.1) is 12.7 Å². The third-order valence-electron chi connectivity index (χ3n) is 5.18. The van der Waals surface area contributed by atoms with Gasteiger partial charge in [0.2, 0.25) is 5.91 Å². The normalized spacial score (nSPS) is 15.6. The molecular weight excluding hydrogens is 407 g/mol. The van der Waals surface area contributed by atoms with Crippen molar-refractivity contribution in [1.29, 1.82) is 0 Å². The molecule has 0 saturated carbocycles. The molecule has 1 atom stereocenters. The summed E-state index contributed by atoms with van der Waals surface area (Å²) in [7, 11) is 0. The maximum Gasteiger partial charge on any atom is 0.220 e. The summed E-state index contributed by atoms with van der Waals surface area (Å²) in [6.45, 7) is 5.76. The van der Waals surface area contributed by atoms with Crippen molar-refractivity contribution in [2.24, 2.45) is 0 Å². The lowest BCUT2D eigenvalue weighted by Crippen LogP contribution is -2.43. The Hall–Kier alpha value is -2.15. The van der Waals surface area contributed by atoms with E-state index in [4.69, 9.17) is 21.1 Å². The highest BCUT2D eigenvalue weighted by molar-refractivity contribution is 6.30. The highest BCUT2D eigenvalue weighted by Crippen LogP contribution is 2.23. The minimum absolute atomic E-state index is 0.00795. The zero-order valence-electron chi connectivity index (χ0n) is 17.2. The molecule has 2 aromatic carbocycles. The van der Waals surface area contributed by atoms with Crippen LogP contribution in [-0.4, -0.2) is 50.3 Å². The fraction of sp³-hybridized carbons (Fsp3) is 0.435. The Kier molecular flexibility index (Phi) is 8.49. The van der Waals surface area contributed by atoms with Crippen LogP contribution in [0.2, 0.25) is 5.02 Å². The van der Waals surface area contributed by atoms with Crippen LogP contribution in [0.4, 0.5) is 4.39 Å². The molecule has 0 aliphatic carbocycles.